The molecule has 1 aromatic heterocycles. The summed E-state index contributed by atoms with van der Waals surface area (Å²) in [6.45, 7) is 1.96. The van der Waals surface area contributed by atoms with Gasteiger partial charge in [0.2, 0.25) is 0 Å². The fourth-order valence-corrected chi connectivity index (χ4v) is 1.76. The first-order chi connectivity index (χ1) is 8.11. The molecule has 0 saturated heterocycles. The van der Waals surface area contributed by atoms with E-state index in [0.717, 1.165) is 16.5 Å². The van der Waals surface area contributed by atoms with E-state index in [1.807, 2.05) is 25.1 Å². The Hall–Kier alpha value is -2.10. The minimum atomic E-state index is -0.517. The summed E-state index contributed by atoms with van der Waals surface area (Å²) in [5.74, 6) is -0.745. The summed E-state index contributed by atoms with van der Waals surface area (Å²) in [6, 6.07) is 5.81. The lowest BCUT2D eigenvalue weighted by Gasteiger charge is -1.99. The Bertz CT molecular complexity index is 583. The van der Waals surface area contributed by atoms with Crippen LogP contribution in [-0.4, -0.2) is 23.8 Å². The molecule has 1 aromatic carbocycles. The Kier molecular flexibility index (Phi) is 2.95. The fourth-order valence-electron chi connectivity index (χ4n) is 1.76. The van der Waals surface area contributed by atoms with Crippen LogP contribution in [0.3, 0.4) is 0 Å². The average Bonchev–Trinajstić information content (AvgIpc) is 2.71. The van der Waals surface area contributed by atoms with Crippen molar-refractivity contribution in [2.75, 3.05) is 7.11 Å². The van der Waals surface area contributed by atoms with Crippen LogP contribution >= 0.6 is 0 Å². The Morgan fingerprint density at radius 1 is 1.35 bits per heavy atom. The molecule has 0 aliphatic rings. The number of ether oxygens (including phenoxy) is 1. The SMILES string of the molecule is COC(=O)CC(=O)c1c[nH]c2ccc(C)cc12. The van der Waals surface area contributed by atoms with Gasteiger partial charge in [-0.05, 0) is 19.1 Å². The van der Waals surface area contributed by atoms with Gasteiger partial charge in [0.05, 0.1) is 7.11 Å². The topological polar surface area (TPSA) is 59.2 Å². The Morgan fingerprint density at radius 3 is 2.82 bits per heavy atom. The van der Waals surface area contributed by atoms with Crippen LogP contribution in [-0.2, 0) is 9.53 Å². The lowest BCUT2D eigenvalue weighted by atomic mass is 10.1. The maximum atomic E-state index is 11.9. The van der Waals surface area contributed by atoms with E-state index in [2.05, 4.69) is 9.72 Å². The molecule has 0 radical (unpaired) electrons. The number of aryl methyl sites for hydroxylation is 1. The van der Waals surface area contributed by atoms with Gasteiger partial charge in [0.1, 0.15) is 6.42 Å². The van der Waals surface area contributed by atoms with E-state index in [4.69, 9.17) is 0 Å². The Morgan fingerprint density at radius 2 is 2.12 bits per heavy atom. The summed E-state index contributed by atoms with van der Waals surface area (Å²) in [7, 11) is 1.27. The summed E-state index contributed by atoms with van der Waals surface area (Å²) in [4.78, 5) is 26.0. The van der Waals surface area contributed by atoms with Gasteiger partial charge in [-0.2, -0.15) is 0 Å². The van der Waals surface area contributed by atoms with Crippen molar-refractivity contribution in [1.29, 1.82) is 0 Å². The zero-order valence-electron chi connectivity index (χ0n) is 9.74. The second-order valence-corrected chi connectivity index (χ2v) is 3.93. The number of esters is 1. The van der Waals surface area contributed by atoms with Crippen molar-refractivity contribution in [3.8, 4) is 0 Å². The average molecular weight is 231 g/mol. The second-order valence-electron chi connectivity index (χ2n) is 3.93. The van der Waals surface area contributed by atoms with Crippen molar-refractivity contribution in [3.05, 3.63) is 35.5 Å². The van der Waals surface area contributed by atoms with Crippen LogP contribution < -0.4 is 0 Å². The van der Waals surface area contributed by atoms with Crippen LogP contribution in [0.5, 0.6) is 0 Å². The number of fused-ring (bicyclic) bond motifs is 1. The molecule has 0 spiro atoms. The van der Waals surface area contributed by atoms with E-state index in [0.29, 0.717) is 5.56 Å². The highest BCUT2D eigenvalue weighted by atomic mass is 16.5. The van der Waals surface area contributed by atoms with Gasteiger partial charge in [-0.25, -0.2) is 0 Å². The van der Waals surface area contributed by atoms with Crippen molar-refractivity contribution < 1.29 is 14.3 Å². The molecule has 0 bridgehead atoms. The van der Waals surface area contributed by atoms with Crippen LogP contribution in [0, 0.1) is 6.92 Å². The maximum Gasteiger partial charge on any atom is 0.313 e. The number of H-pyrrole nitrogens is 1. The third-order valence-corrected chi connectivity index (χ3v) is 2.67. The highest BCUT2D eigenvalue weighted by Crippen LogP contribution is 2.20. The van der Waals surface area contributed by atoms with E-state index in [-0.39, 0.29) is 12.2 Å². The van der Waals surface area contributed by atoms with Crippen LogP contribution in [0.4, 0.5) is 0 Å². The lowest BCUT2D eigenvalue weighted by molar-refractivity contribution is -0.139. The van der Waals surface area contributed by atoms with E-state index >= 15 is 0 Å². The van der Waals surface area contributed by atoms with Crippen molar-refractivity contribution in [3.63, 3.8) is 0 Å². The van der Waals surface area contributed by atoms with Gasteiger partial charge in [-0.1, -0.05) is 11.6 Å². The molecule has 0 atom stereocenters. The number of nitrogens with one attached hydrogen (secondary N) is 1. The zero-order chi connectivity index (χ0) is 12.4. The Labute approximate surface area is 98.6 Å². The van der Waals surface area contributed by atoms with E-state index in [9.17, 15) is 9.59 Å². The molecule has 0 amide bonds. The smallest absolute Gasteiger partial charge is 0.313 e. The van der Waals surface area contributed by atoms with E-state index in [1.54, 1.807) is 6.20 Å². The summed E-state index contributed by atoms with van der Waals surface area (Å²) in [5, 5.41) is 0.846. The minimum absolute atomic E-state index is 0.225. The van der Waals surface area contributed by atoms with Gasteiger partial charge in [0.15, 0.2) is 5.78 Å². The van der Waals surface area contributed by atoms with Gasteiger partial charge < -0.3 is 9.72 Å². The molecule has 4 heteroatoms. The van der Waals surface area contributed by atoms with Crippen LogP contribution in [0.15, 0.2) is 24.4 Å². The number of carbonyl (C=O) groups excluding carboxylic acids is 2. The van der Waals surface area contributed by atoms with Crippen molar-refractivity contribution in [1.82, 2.24) is 4.98 Å². The summed E-state index contributed by atoms with van der Waals surface area (Å²) in [6.07, 6.45) is 1.41. The number of benzene rings is 1. The number of Topliss-reactive ketones (excluding diaryl/α,β-unsaturated/α-hetero) is 1. The predicted octanol–water partition coefficient (Wildman–Crippen LogP) is 2.22. The molecule has 0 unspecified atom stereocenters. The molecule has 0 fully saturated rings. The lowest BCUT2D eigenvalue weighted by Crippen LogP contribution is -2.09. The number of ketones is 1. The number of hydrogen-bond acceptors (Lipinski definition) is 3. The van der Waals surface area contributed by atoms with Gasteiger partial charge in [0.25, 0.3) is 0 Å². The minimum Gasteiger partial charge on any atom is -0.469 e. The first-order valence-corrected chi connectivity index (χ1v) is 5.29. The predicted molar refractivity (Wildman–Crippen MR) is 64.0 cm³/mol. The monoisotopic (exact) mass is 231 g/mol. The number of carbonyl (C=O) groups is 2. The Balaban J connectivity index is 2.38. The number of methoxy groups -OCH3 is 1. The summed E-state index contributed by atoms with van der Waals surface area (Å²) >= 11 is 0. The molecule has 1 N–H and O–H groups in total. The number of hydrogen-bond donors (Lipinski definition) is 1. The van der Waals surface area contributed by atoms with Crippen molar-refractivity contribution in [2.45, 2.75) is 13.3 Å². The molecule has 2 rings (SSSR count). The quantitative estimate of drug-likeness (QED) is 0.500. The summed E-state index contributed by atoms with van der Waals surface area (Å²) < 4.78 is 4.48. The van der Waals surface area contributed by atoms with E-state index < -0.39 is 5.97 Å². The van der Waals surface area contributed by atoms with Crippen molar-refractivity contribution >= 4 is 22.7 Å². The molecular formula is C13H13NO3. The molecule has 4 nitrogen and oxygen atoms in total. The second kappa shape index (κ2) is 4.41. The molecule has 1 heterocycles. The standard InChI is InChI=1S/C13H13NO3/c1-8-3-4-11-9(5-8)10(7-14-11)12(15)6-13(16)17-2/h3-5,7,14H,6H2,1-2H3. The number of aromatic nitrogens is 1. The molecular weight excluding hydrogens is 218 g/mol. The number of rotatable bonds is 3. The molecule has 88 valence electrons. The highest BCUT2D eigenvalue weighted by Gasteiger charge is 2.15. The fraction of sp³-hybridized carbons (Fsp3) is 0.231. The first kappa shape index (κ1) is 11.4. The van der Waals surface area contributed by atoms with Crippen LogP contribution in [0.25, 0.3) is 10.9 Å². The van der Waals surface area contributed by atoms with Gasteiger partial charge in [0, 0.05) is 22.7 Å². The van der Waals surface area contributed by atoms with Crippen molar-refractivity contribution in [2.24, 2.45) is 0 Å². The van der Waals surface area contributed by atoms with Gasteiger partial charge >= 0.3 is 5.97 Å². The molecule has 0 aliphatic carbocycles. The van der Waals surface area contributed by atoms with E-state index in [1.165, 1.54) is 7.11 Å². The molecule has 0 saturated carbocycles. The highest BCUT2D eigenvalue weighted by molar-refractivity contribution is 6.13. The normalized spacial score (nSPS) is 10.5. The molecule has 17 heavy (non-hydrogen) atoms. The maximum absolute atomic E-state index is 11.9. The first-order valence-electron chi connectivity index (χ1n) is 5.29. The number of aromatic amines is 1. The van der Waals surface area contributed by atoms with Gasteiger partial charge in [-0.3, -0.25) is 9.59 Å². The largest absolute Gasteiger partial charge is 0.469 e. The molecule has 0 aliphatic heterocycles. The third kappa shape index (κ3) is 2.20. The van der Waals surface area contributed by atoms with Crippen LogP contribution in [0.2, 0.25) is 0 Å². The van der Waals surface area contributed by atoms with Crippen LogP contribution in [0.1, 0.15) is 22.3 Å². The zero-order valence-corrected chi connectivity index (χ0v) is 9.74. The van der Waals surface area contributed by atoms with Gasteiger partial charge in [-0.15, -0.1) is 0 Å². The molecule has 2 aromatic rings. The summed E-state index contributed by atoms with van der Waals surface area (Å²) in [5.41, 5.74) is 2.50. The third-order valence-electron chi connectivity index (χ3n) is 2.67.